The van der Waals surface area contributed by atoms with Crippen molar-refractivity contribution in [2.45, 2.75) is 38.8 Å². The van der Waals surface area contributed by atoms with E-state index in [1.165, 1.54) is 0 Å². The third kappa shape index (κ3) is 3.54. The average molecular weight is 367 g/mol. The van der Waals surface area contributed by atoms with Crippen molar-refractivity contribution in [1.29, 1.82) is 0 Å². The minimum Gasteiger partial charge on any atom is -0.497 e. The maximum absolute atomic E-state index is 13.4. The second kappa shape index (κ2) is 7.43. The Balaban J connectivity index is 1.89. The number of nitrogens with zero attached hydrogens (tertiary/aromatic N) is 1. The Morgan fingerprint density at radius 3 is 2.70 bits per heavy atom. The van der Waals surface area contributed by atoms with Gasteiger partial charge in [-0.25, -0.2) is 4.79 Å². The number of methoxy groups -OCH3 is 1. The van der Waals surface area contributed by atoms with Gasteiger partial charge in [0.2, 0.25) is 0 Å². The summed E-state index contributed by atoms with van der Waals surface area (Å²) in [6, 6.07) is 14.8. The quantitative estimate of drug-likeness (QED) is 0.755. The van der Waals surface area contributed by atoms with E-state index in [9.17, 15) is 9.59 Å². The number of likely N-dealkylation sites (N-methyl/N-ethyl adjacent to an activating group) is 1. The highest BCUT2D eigenvalue weighted by Crippen LogP contribution is 2.33. The first-order valence-electron chi connectivity index (χ1n) is 9.16. The Hall–Kier alpha value is -2.82. The summed E-state index contributed by atoms with van der Waals surface area (Å²) in [6.07, 6.45) is 0.370. The molecule has 3 rings (SSSR count). The number of hydrogen-bond donors (Lipinski definition) is 0. The molecule has 2 unspecified atom stereocenters. The Morgan fingerprint density at radius 1 is 1.26 bits per heavy atom. The molecule has 0 bridgehead atoms. The number of rotatable bonds is 5. The van der Waals surface area contributed by atoms with Crippen LogP contribution in [0.2, 0.25) is 0 Å². The van der Waals surface area contributed by atoms with Crippen LogP contribution >= 0.6 is 0 Å². The minimum atomic E-state index is -1.21. The molecule has 27 heavy (non-hydrogen) atoms. The van der Waals surface area contributed by atoms with Crippen LogP contribution in [-0.4, -0.2) is 36.0 Å². The Morgan fingerprint density at radius 2 is 2.00 bits per heavy atom. The van der Waals surface area contributed by atoms with Gasteiger partial charge in [-0.05, 0) is 50.1 Å². The molecule has 0 fully saturated rings. The van der Waals surface area contributed by atoms with E-state index >= 15 is 0 Å². The van der Waals surface area contributed by atoms with Crippen LogP contribution < -0.4 is 4.74 Å². The van der Waals surface area contributed by atoms with Gasteiger partial charge in [0.25, 0.3) is 5.91 Å². The molecule has 1 amide bonds. The van der Waals surface area contributed by atoms with E-state index in [0.29, 0.717) is 18.5 Å². The van der Waals surface area contributed by atoms with Crippen LogP contribution in [0.3, 0.4) is 0 Å². The highest BCUT2D eigenvalue weighted by atomic mass is 16.6. The smallest absolute Gasteiger partial charge is 0.339 e. The van der Waals surface area contributed by atoms with Gasteiger partial charge in [-0.2, -0.15) is 0 Å². The number of carbonyl (C=O) groups excluding carboxylic acids is 2. The lowest BCUT2D eigenvalue weighted by Crippen LogP contribution is -2.53. The molecule has 2 atom stereocenters. The number of esters is 1. The third-order valence-corrected chi connectivity index (χ3v) is 5.18. The van der Waals surface area contributed by atoms with Crippen LogP contribution in [0.25, 0.3) is 0 Å². The number of ether oxygens (including phenoxy) is 2. The van der Waals surface area contributed by atoms with E-state index in [0.717, 1.165) is 16.9 Å². The maximum Gasteiger partial charge on any atom is 0.339 e. The summed E-state index contributed by atoms with van der Waals surface area (Å²) in [5, 5.41) is 0. The largest absolute Gasteiger partial charge is 0.497 e. The molecule has 1 aliphatic heterocycles. The zero-order chi connectivity index (χ0) is 19.6. The molecule has 0 aliphatic carbocycles. The molecule has 1 heterocycles. The topological polar surface area (TPSA) is 55.8 Å². The summed E-state index contributed by atoms with van der Waals surface area (Å²) in [6.45, 7) is 6.10. The standard InChI is InChI=1S/C22H25NO4/c1-5-23(15(2)16-10-8-11-18(13-16)26-4)21(25)22(3)14-17-9-6-7-12-19(17)20(24)27-22/h6-13,15H,5,14H2,1-4H3. The fourth-order valence-corrected chi connectivity index (χ4v) is 3.63. The van der Waals surface area contributed by atoms with Crippen molar-refractivity contribution in [2.75, 3.05) is 13.7 Å². The van der Waals surface area contributed by atoms with Gasteiger partial charge in [0, 0.05) is 13.0 Å². The normalized spacial score (nSPS) is 19.6. The summed E-state index contributed by atoms with van der Waals surface area (Å²) < 4.78 is 10.9. The highest BCUT2D eigenvalue weighted by molar-refractivity contribution is 5.97. The monoisotopic (exact) mass is 367 g/mol. The first-order chi connectivity index (χ1) is 12.9. The van der Waals surface area contributed by atoms with Gasteiger partial charge in [-0.1, -0.05) is 30.3 Å². The fourth-order valence-electron chi connectivity index (χ4n) is 3.63. The molecule has 0 saturated heterocycles. The SMILES string of the molecule is CCN(C(=O)C1(C)Cc2ccccc2C(=O)O1)C(C)c1cccc(OC)c1. The Labute approximate surface area is 159 Å². The zero-order valence-electron chi connectivity index (χ0n) is 16.2. The van der Waals surface area contributed by atoms with E-state index in [4.69, 9.17) is 9.47 Å². The van der Waals surface area contributed by atoms with E-state index in [1.54, 1.807) is 31.1 Å². The molecule has 0 N–H and O–H groups in total. The summed E-state index contributed by atoms with van der Waals surface area (Å²) >= 11 is 0. The third-order valence-electron chi connectivity index (χ3n) is 5.18. The van der Waals surface area contributed by atoms with Crippen molar-refractivity contribution in [3.63, 3.8) is 0 Å². The number of fused-ring (bicyclic) bond motifs is 1. The van der Waals surface area contributed by atoms with E-state index in [1.807, 2.05) is 50.2 Å². The summed E-state index contributed by atoms with van der Waals surface area (Å²) in [4.78, 5) is 27.6. The van der Waals surface area contributed by atoms with Crippen LogP contribution in [0.15, 0.2) is 48.5 Å². The number of carbonyl (C=O) groups is 2. The van der Waals surface area contributed by atoms with E-state index in [2.05, 4.69) is 0 Å². The van der Waals surface area contributed by atoms with Crippen molar-refractivity contribution in [2.24, 2.45) is 0 Å². The van der Waals surface area contributed by atoms with Crippen molar-refractivity contribution < 1.29 is 19.1 Å². The molecule has 1 aliphatic rings. The second-order valence-electron chi connectivity index (χ2n) is 7.00. The van der Waals surface area contributed by atoms with Crippen LogP contribution in [0.1, 0.15) is 48.3 Å². The first kappa shape index (κ1) is 19.0. The van der Waals surface area contributed by atoms with Gasteiger partial charge in [-0.15, -0.1) is 0 Å². The van der Waals surface area contributed by atoms with Gasteiger partial charge < -0.3 is 14.4 Å². The minimum absolute atomic E-state index is 0.176. The van der Waals surface area contributed by atoms with E-state index < -0.39 is 11.6 Å². The number of benzene rings is 2. The molecule has 142 valence electrons. The highest BCUT2D eigenvalue weighted by Gasteiger charge is 2.45. The summed E-state index contributed by atoms with van der Waals surface area (Å²) in [7, 11) is 1.62. The number of amides is 1. The molecule has 5 heteroatoms. The Bertz CT molecular complexity index is 863. The predicted octanol–water partition coefficient (Wildman–Crippen LogP) is 3.78. The molecule has 0 aromatic heterocycles. The first-order valence-corrected chi connectivity index (χ1v) is 9.16. The number of cyclic esters (lactones) is 1. The number of hydrogen-bond acceptors (Lipinski definition) is 4. The summed E-state index contributed by atoms with van der Waals surface area (Å²) in [5.74, 6) is 0.105. The molecule has 2 aromatic rings. The predicted molar refractivity (Wildman–Crippen MR) is 103 cm³/mol. The second-order valence-corrected chi connectivity index (χ2v) is 7.00. The van der Waals surface area contributed by atoms with Gasteiger partial charge in [-0.3, -0.25) is 4.79 Å². The summed E-state index contributed by atoms with van der Waals surface area (Å²) in [5.41, 5.74) is 1.13. The molecule has 0 saturated carbocycles. The molecule has 2 aromatic carbocycles. The van der Waals surface area contributed by atoms with Gasteiger partial charge in [0.1, 0.15) is 5.75 Å². The molecule has 0 spiro atoms. The van der Waals surface area contributed by atoms with Gasteiger partial charge >= 0.3 is 5.97 Å². The molecule has 5 nitrogen and oxygen atoms in total. The molecular formula is C22H25NO4. The van der Waals surface area contributed by atoms with Crippen molar-refractivity contribution in [1.82, 2.24) is 4.90 Å². The average Bonchev–Trinajstić information content (AvgIpc) is 2.68. The maximum atomic E-state index is 13.4. The van der Waals surface area contributed by atoms with Crippen molar-refractivity contribution in [3.05, 3.63) is 65.2 Å². The van der Waals surface area contributed by atoms with Gasteiger partial charge in [0.05, 0.1) is 18.7 Å². The molecular weight excluding hydrogens is 342 g/mol. The fraction of sp³-hybridized carbons (Fsp3) is 0.364. The zero-order valence-corrected chi connectivity index (χ0v) is 16.2. The van der Waals surface area contributed by atoms with Crippen LogP contribution in [-0.2, 0) is 16.0 Å². The van der Waals surface area contributed by atoms with Crippen LogP contribution in [0.5, 0.6) is 5.75 Å². The molecule has 0 radical (unpaired) electrons. The van der Waals surface area contributed by atoms with Crippen molar-refractivity contribution in [3.8, 4) is 5.75 Å². The van der Waals surface area contributed by atoms with Crippen LogP contribution in [0.4, 0.5) is 0 Å². The van der Waals surface area contributed by atoms with Crippen LogP contribution in [0, 0.1) is 0 Å². The van der Waals surface area contributed by atoms with Crippen molar-refractivity contribution >= 4 is 11.9 Å². The van der Waals surface area contributed by atoms with Gasteiger partial charge in [0.15, 0.2) is 5.60 Å². The van der Waals surface area contributed by atoms with E-state index in [-0.39, 0.29) is 11.9 Å². The lowest BCUT2D eigenvalue weighted by molar-refractivity contribution is -0.153. The Kier molecular flexibility index (Phi) is 5.22. The lowest BCUT2D eigenvalue weighted by atomic mass is 9.88. The lowest BCUT2D eigenvalue weighted by Gasteiger charge is -2.39.